The quantitative estimate of drug-likeness (QED) is 0.315. The van der Waals surface area contributed by atoms with Gasteiger partial charge in [-0.3, -0.25) is 4.79 Å². The molecule has 0 unspecified atom stereocenters. The van der Waals surface area contributed by atoms with Gasteiger partial charge in [0.05, 0.1) is 0 Å². The van der Waals surface area contributed by atoms with Crippen molar-refractivity contribution in [1.82, 2.24) is 5.32 Å². The van der Waals surface area contributed by atoms with Gasteiger partial charge in [0.2, 0.25) is 11.7 Å². The van der Waals surface area contributed by atoms with Crippen molar-refractivity contribution in [3.8, 4) is 0 Å². The van der Waals surface area contributed by atoms with Crippen LogP contribution in [0.2, 0.25) is 0 Å². The fourth-order valence-electron chi connectivity index (χ4n) is 3.19. The number of anilines is 3. The molecule has 2 aromatic carbocycles. The lowest BCUT2D eigenvalue weighted by Crippen LogP contribution is -2.47. The molecule has 31 heavy (non-hydrogen) atoms. The van der Waals surface area contributed by atoms with E-state index in [-0.39, 0.29) is 24.1 Å². The summed E-state index contributed by atoms with van der Waals surface area (Å²) < 4.78 is 68.3. The van der Waals surface area contributed by atoms with E-state index in [1.165, 1.54) is 0 Å². The number of nitrogens with one attached hydrogen (secondary N) is 2. The Morgan fingerprint density at radius 1 is 0.871 bits per heavy atom. The van der Waals surface area contributed by atoms with Crippen LogP contribution < -0.4 is 20.4 Å². The molecule has 0 atom stereocenters. The van der Waals surface area contributed by atoms with E-state index in [2.05, 4.69) is 10.6 Å². The SMILES string of the molecule is CCC(=O)NC(=S)Nc1ccc(N2CCN(c3c(F)c(F)c(F)c(F)c3F)CC2)cc1. The lowest BCUT2D eigenvalue weighted by molar-refractivity contribution is -0.119. The molecular formula is C20H19F5N4OS. The summed E-state index contributed by atoms with van der Waals surface area (Å²) in [7, 11) is 0. The zero-order chi connectivity index (χ0) is 22.7. The minimum atomic E-state index is -2.17. The molecule has 0 saturated carbocycles. The number of hydrogen-bond donors (Lipinski definition) is 2. The molecule has 1 amide bonds. The van der Waals surface area contributed by atoms with Crippen LogP contribution in [0.25, 0.3) is 0 Å². The maximum Gasteiger partial charge on any atom is 0.225 e. The van der Waals surface area contributed by atoms with E-state index in [0.717, 1.165) is 10.6 Å². The Kier molecular flexibility index (Phi) is 6.94. The average Bonchev–Trinajstić information content (AvgIpc) is 2.77. The van der Waals surface area contributed by atoms with E-state index < -0.39 is 34.8 Å². The Morgan fingerprint density at radius 2 is 1.35 bits per heavy atom. The molecule has 1 fully saturated rings. The predicted molar refractivity (Wildman–Crippen MR) is 112 cm³/mol. The molecule has 5 nitrogen and oxygen atoms in total. The van der Waals surface area contributed by atoms with E-state index in [0.29, 0.717) is 25.2 Å². The second-order valence-corrected chi connectivity index (χ2v) is 7.20. The summed E-state index contributed by atoms with van der Waals surface area (Å²) in [4.78, 5) is 14.4. The number of hydrogen-bond acceptors (Lipinski definition) is 4. The monoisotopic (exact) mass is 458 g/mol. The number of carbonyl (C=O) groups excluding carboxylic acids is 1. The molecule has 0 aliphatic carbocycles. The first-order valence-corrected chi connectivity index (χ1v) is 9.86. The van der Waals surface area contributed by atoms with E-state index in [9.17, 15) is 26.7 Å². The van der Waals surface area contributed by atoms with Crippen molar-refractivity contribution in [1.29, 1.82) is 0 Å². The molecule has 1 aliphatic rings. The number of benzene rings is 2. The molecule has 1 heterocycles. The maximum absolute atomic E-state index is 14.0. The molecule has 0 bridgehead atoms. The number of thiocarbonyl (C=S) groups is 1. The first-order chi connectivity index (χ1) is 14.7. The van der Waals surface area contributed by atoms with Crippen molar-refractivity contribution < 1.29 is 26.7 Å². The van der Waals surface area contributed by atoms with Gasteiger partial charge in [0.25, 0.3) is 0 Å². The van der Waals surface area contributed by atoms with Gasteiger partial charge in [-0.15, -0.1) is 0 Å². The Labute approximate surface area is 180 Å². The van der Waals surface area contributed by atoms with Crippen molar-refractivity contribution in [2.24, 2.45) is 0 Å². The van der Waals surface area contributed by atoms with Gasteiger partial charge >= 0.3 is 0 Å². The molecule has 166 valence electrons. The summed E-state index contributed by atoms with van der Waals surface area (Å²) in [6.07, 6.45) is 0.303. The van der Waals surface area contributed by atoms with Gasteiger partial charge in [-0.1, -0.05) is 6.92 Å². The molecule has 0 spiro atoms. The standard InChI is InChI=1S/C20H19F5N4OS/c1-2-13(30)27-20(31)26-11-3-5-12(6-4-11)28-7-9-29(10-8-28)19-17(24)15(22)14(21)16(23)18(19)25/h3-6H,2,7-10H2,1H3,(H2,26,27,30,31). The Balaban J connectivity index is 1.64. The van der Waals surface area contributed by atoms with Gasteiger partial charge < -0.3 is 20.4 Å². The number of carbonyl (C=O) groups is 1. The fourth-order valence-corrected chi connectivity index (χ4v) is 3.42. The third-order valence-electron chi connectivity index (χ3n) is 4.85. The Hall–Kier alpha value is -2.95. The summed E-state index contributed by atoms with van der Waals surface area (Å²) >= 11 is 5.05. The van der Waals surface area contributed by atoms with Gasteiger partial charge in [-0.05, 0) is 36.5 Å². The number of nitrogens with zero attached hydrogens (tertiary/aromatic N) is 2. The zero-order valence-electron chi connectivity index (χ0n) is 16.4. The molecule has 1 saturated heterocycles. The Morgan fingerprint density at radius 3 is 1.87 bits per heavy atom. The van der Waals surface area contributed by atoms with Gasteiger partial charge in [0, 0.05) is 44.0 Å². The van der Waals surface area contributed by atoms with Crippen LogP contribution in [0.5, 0.6) is 0 Å². The molecule has 1 aliphatic heterocycles. The topological polar surface area (TPSA) is 47.6 Å². The minimum Gasteiger partial charge on any atom is -0.368 e. The van der Waals surface area contributed by atoms with Crippen LogP contribution in [0.3, 0.4) is 0 Å². The number of halogens is 5. The average molecular weight is 458 g/mol. The van der Waals surface area contributed by atoms with Gasteiger partial charge in [0.15, 0.2) is 28.4 Å². The van der Waals surface area contributed by atoms with E-state index in [1.54, 1.807) is 31.2 Å². The third kappa shape index (κ3) is 4.87. The highest BCUT2D eigenvalue weighted by Crippen LogP contribution is 2.31. The van der Waals surface area contributed by atoms with Crippen LogP contribution in [0.4, 0.5) is 39.0 Å². The molecule has 3 rings (SSSR count). The first-order valence-electron chi connectivity index (χ1n) is 9.45. The highest BCUT2D eigenvalue weighted by atomic mass is 32.1. The van der Waals surface area contributed by atoms with Crippen LogP contribution in [0.1, 0.15) is 13.3 Å². The van der Waals surface area contributed by atoms with Crippen molar-refractivity contribution >= 4 is 40.3 Å². The lowest BCUT2D eigenvalue weighted by Gasteiger charge is -2.37. The number of amides is 1. The van der Waals surface area contributed by atoms with Gasteiger partial charge in [0.1, 0.15) is 5.69 Å². The van der Waals surface area contributed by atoms with Crippen molar-refractivity contribution in [3.63, 3.8) is 0 Å². The Bertz CT molecular complexity index is 965. The highest BCUT2D eigenvalue weighted by Gasteiger charge is 2.30. The number of piperazine rings is 1. The van der Waals surface area contributed by atoms with E-state index in [4.69, 9.17) is 12.2 Å². The minimum absolute atomic E-state index is 0.0749. The molecule has 2 N–H and O–H groups in total. The van der Waals surface area contributed by atoms with Crippen LogP contribution in [0.15, 0.2) is 24.3 Å². The summed E-state index contributed by atoms with van der Waals surface area (Å²) in [5.41, 5.74) is 0.564. The summed E-state index contributed by atoms with van der Waals surface area (Å²) in [6.45, 7) is 2.49. The van der Waals surface area contributed by atoms with Crippen LogP contribution in [-0.2, 0) is 4.79 Å². The maximum atomic E-state index is 14.0. The number of rotatable bonds is 4. The second kappa shape index (κ2) is 9.46. The van der Waals surface area contributed by atoms with Gasteiger partial charge in [-0.25, -0.2) is 22.0 Å². The second-order valence-electron chi connectivity index (χ2n) is 6.80. The molecule has 0 aromatic heterocycles. The highest BCUT2D eigenvalue weighted by molar-refractivity contribution is 7.80. The zero-order valence-corrected chi connectivity index (χ0v) is 17.3. The normalized spacial score (nSPS) is 13.9. The largest absolute Gasteiger partial charge is 0.368 e. The van der Waals surface area contributed by atoms with Crippen LogP contribution in [-0.4, -0.2) is 37.2 Å². The smallest absolute Gasteiger partial charge is 0.225 e. The van der Waals surface area contributed by atoms with Crippen molar-refractivity contribution in [2.75, 3.05) is 41.3 Å². The van der Waals surface area contributed by atoms with E-state index in [1.807, 2.05) is 4.90 Å². The molecular weight excluding hydrogens is 439 g/mol. The van der Waals surface area contributed by atoms with Gasteiger partial charge in [-0.2, -0.15) is 0 Å². The van der Waals surface area contributed by atoms with Crippen LogP contribution in [0, 0.1) is 29.1 Å². The van der Waals surface area contributed by atoms with Crippen LogP contribution >= 0.6 is 12.2 Å². The summed E-state index contributed by atoms with van der Waals surface area (Å²) in [5.74, 6) is -9.93. The lowest BCUT2D eigenvalue weighted by atomic mass is 10.2. The molecule has 11 heteroatoms. The molecule has 2 aromatic rings. The fraction of sp³-hybridized carbons (Fsp3) is 0.300. The van der Waals surface area contributed by atoms with Crippen molar-refractivity contribution in [2.45, 2.75) is 13.3 Å². The summed E-state index contributed by atoms with van der Waals surface area (Å²) in [5, 5.41) is 5.58. The predicted octanol–water partition coefficient (Wildman–Crippen LogP) is 3.93. The molecule has 0 radical (unpaired) electrons. The summed E-state index contributed by atoms with van der Waals surface area (Å²) in [6, 6.07) is 7.08. The van der Waals surface area contributed by atoms with E-state index >= 15 is 0 Å². The third-order valence-corrected chi connectivity index (χ3v) is 5.05. The first kappa shape index (κ1) is 22.7. The van der Waals surface area contributed by atoms with Crippen molar-refractivity contribution in [3.05, 3.63) is 53.4 Å².